The standard InChI is InChI=1S/C25H30N4O4S/c1-14(2)33-19-9-7-17(11-20(19)32-5)12-27-28-23(30)16(4)29-13-26-24-22(25(29)31)18-8-6-15(3)10-21(18)34-24/h7,9,11-16H,6,8,10H2,1-5H3,(H,28,30)/b27-12-/t15-,16-/m0/s1. The van der Waals surface area contributed by atoms with Crippen molar-refractivity contribution < 1.29 is 14.3 Å². The molecule has 1 amide bonds. The van der Waals surface area contributed by atoms with Crippen molar-refractivity contribution in [2.45, 2.75) is 59.1 Å². The van der Waals surface area contributed by atoms with E-state index in [2.05, 4.69) is 22.4 Å². The van der Waals surface area contributed by atoms with Gasteiger partial charge in [-0.3, -0.25) is 14.2 Å². The molecule has 0 saturated carbocycles. The van der Waals surface area contributed by atoms with E-state index in [4.69, 9.17) is 9.47 Å². The molecule has 0 saturated heterocycles. The lowest BCUT2D eigenvalue weighted by atomic mass is 9.89. The van der Waals surface area contributed by atoms with E-state index >= 15 is 0 Å². The van der Waals surface area contributed by atoms with Crippen molar-refractivity contribution in [3.63, 3.8) is 0 Å². The highest BCUT2D eigenvalue weighted by Crippen LogP contribution is 2.35. The molecule has 0 aliphatic heterocycles. The van der Waals surface area contributed by atoms with Gasteiger partial charge in [0, 0.05) is 4.88 Å². The zero-order valence-corrected chi connectivity index (χ0v) is 20.9. The summed E-state index contributed by atoms with van der Waals surface area (Å²) in [7, 11) is 1.57. The summed E-state index contributed by atoms with van der Waals surface area (Å²) in [5.74, 6) is 1.43. The van der Waals surface area contributed by atoms with Crippen LogP contribution in [0.15, 0.2) is 34.4 Å². The average molecular weight is 483 g/mol. The maximum atomic E-state index is 13.2. The molecule has 0 bridgehead atoms. The second-order valence-corrected chi connectivity index (χ2v) is 10.1. The molecule has 1 N–H and O–H groups in total. The molecule has 180 valence electrons. The number of nitrogens with zero attached hydrogens (tertiary/aromatic N) is 3. The first kappa shape index (κ1) is 23.9. The van der Waals surface area contributed by atoms with Crippen LogP contribution in [0.3, 0.4) is 0 Å². The van der Waals surface area contributed by atoms with Crippen LogP contribution < -0.4 is 20.5 Å². The molecular formula is C25H30N4O4S. The molecule has 8 nitrogen and oxygen atoms in total. The molecule has 2 aromatic heterocycles. The van der Waals surface area contributed by atoms with Crippen molar-refractivity contribution in [3.05, 3.63) is 50.9 Å². The summed E-state index contributed by atoms with van der Waals surface area (Å²) >= 11 is 1.60. The highest BCUT2D eigenvalue weighted by atomic mass is 32.1. The predicted octanol–water partition coefficient (Wildman–Crippen LogP) is 4.09. The summed E-state index contributed by atoms with van der Waals surface area (Å²) in [6, 6.07) is 4.64. The fraction of sp³-hybridized carbons (Fsp3) is 0.440. The van der Waals surface area contributed by atoms with Crippen LogP contribution >= 0.6 is 11.3 Å². The van der Waals surface area contributed by atoms with Gasteiger partial charge in [-0.05, 0) is 75.3 Å². The Kier molecular flexibility index (Phi) is 7.02. The molecular weight excluding hydrogens is 452 g/mol. The molecule has 9 heteroatoms. The monoisotopic (exact) mass is 482 g/mol. The number of ether oxygens (including phenoxy) is 2. The number of hydrazone groups is 1. The average Bonchev–Trinajstić information content (AvgIpc) is 3.17. The van der Waals surface area contributed by atoms with Gasteiger partial charge < -0.3 is 9.47 Å². The Balaban J connectivity index is 1.49. The zero-order chi connectivity index (χ0) is 24.4. The number of nitrogens with one attached hydrogen (secondary N) is 1. The van der Waals surface area contributed by atoms with Crippen LogP contribution in [0.1, 0.15) is 56.2 Å². The van der Waals surface area contributed by atoms with E-state index in [1.54, 1.807) is 37.5 Å². The smallest absolute Gasteiger partial charge is 0.263 e. The van der Waals surface area contributed by atoms with Gasteiger partial charge in [-0.15, -0.1) is 11.3 Å². The highest BCUT2D eigenvalue weighted by Gasteiger charge is 2.25. The predicted molar refractivity (Wildman–Crippen MR) is 134 cm³/mol. The van der Waals surface area contributed by atoms with Gasteiger partial charge in [-0.2, -0.15) is 5.10 Å². The lowest BCUT2D eigenvalue weighted by Gasteiger charge is -2.18. The van der Waals surface area contributed by atoms with Crippen LogP contribution in [0.25, 0.3) is 10.2 Å². The molecule has 0 fully saturated rings. The van der Waals surface area contributed by atoms with Crippen molar-refractivity contribution in [2.75, 3.05) is 7.11 Å². The molecule has 1 aliphatic rings. The third-order valence-electron chi connectivity index (χ3n) is 5.98. The molecule has 3 aromatic rings. The summed E-state index contributed by atoms with van der Waals surface area (Å²) in [6.07, 6.45) is 5.93. The Hall–Kier alpha value is -3.20. The number of carbonyl (C=O) groups excluding carboxylic acids is 1. The van der Waals surface area contributed by atoms with Crippen molar-refractivity contribution in [1.29, 1.82) is 0 Å². The van der Waals surface area contributed by atoms with E-state index in [0.717, 1.165) is 35.2 Å². The molecule has 1 aliphatic carbocycles. The molecule has 34 heavy (non-hydrogen) atoms. The van der Waals surface area contributed by atoms with Gasteiger partial charge >= 0.3 is 0 Å². The van der Waals surface area contributed by atoms with E-state index < -0.39 is 11.9 Å². The summed E-state index contributed by atoms with van der Waals surface area (Å²) in [5, 5.41) is 4.72. The van der Waals surface area contributed by atoms with E-state index in [9.17, 15) is 9.59 Å². The molecule has 2 atom stereocenters. The molecule has 0 spiro atoms. The number of fused-ring (bicyclic) bond motifs is 3. The first-order valence-corrected chi connectivity index (χ1v) is 12.3. The van der Waals surface area contributed by atoms with Gasteiger partial charge in [0.15, 0.2) is 11.5 Å². The first-order chi connectivity index (χ1) is 16.3. The minimum absolute atomic E-state index is 0.0226. The van der Waals surface area contributed by atoms with Crippen LogP contribution in [0.4, 0.5) is 0 Å². The van der Waals surface area contributed by atoms with E-state index in [1.807, 2.05) is 19.9 Å². The number of hydrogen-bond acceptors (Lipinski definition) is 7. The largest absolute Gasteiger partial charge is 0.493 e. The molecule has 1 aromatic carbocycles. The minimum Gasteiger partial charge on any atom is -0.493 e. The van der Waals surface area contributed by atoms with Crippen LogP contribution in [-0.4, -0.2) is 34.9 Å². The van der Waals surface area contributed by atoms with Crippen LogP contribution in [0, 0.1) is 5.92 Å². The fourth-order valence-electron chi connectivity index (χ4n) is 4.13. The summed E-state index contributed by atoms with van der Waals surface area (Å²) in [6.45, 7) is 7.78. The van der Waals surface area contributed by atoms with Gasteiger partial charge in [-0.25, -0.2) is 10.4 Å². The van der Waals surface area contributed by atoms with Crippen LogP contribution in [0.2, 0.25) is 0 Å². The summed E-state index contributed by atoms with van der Waals surface area (Å²) < 4.78 is 12.5. The topological polar surface area (TPSA) is 94.8 Å². The Morgan fingerprint density at radius 1 is 1.32 bits per heavy atom. The number of benzene rings is 1. The van der Waals surface area contributed by atoms with Crippen LogP contribution in [0.5, 0.6) is 11.5 Å². The normalized spacial score (nSPS) is 16.6. The zero-order valence-electron chi connectivity index (χ0n) is 20.1. The number of hydrogen-bond donors (Lipinski definition) is 1. The fourth-order valence-corrected chi connectivity index (χ4v) is 5.47. The van der Waals surface area contributed by atoms with E-state index in [0.29, 0.717) is 22.8 Å². The molecule has 0 radical (unpaired) electrons. The number of rotatable bonds is 7. The third kappa shape index (κ3) is 4.84. The SMILES string of the molecule is COc1cc(/C=N\NC(=O)[C@H](C)n2cnc3sc4c(c3c2=O)CC[C@H](C)C4)ccc1OC(C)C. The molecule has 2 heterocycles. The quantitative estimate of drug-likeness (QED) is 0.404. The maximum Gasteiger partial charge on any atom is 0.263 e. The number of methoxy groups -OCH3 is 1. The van der Waals surface area contributed by atoms with Gasteiger partial charge in [0.05, 0.1) is 31.1 Å². The van der Waals surface area contributed by atoms with Crippen molar-refractivity contribution in [3.8, 4) is 11.5 Å². The minimum atomic E-state index is -0.754. The van der Waals surface area contributed by atoms with Crippen molar-refractivity contribution in [1.82, 2.24) is 15.0 Å². The number of aryl methyl sites for hydroxylation is 1. The summed E-state index contributed by atoms with van der Waals surface area (Å²) in [5.41, 5.74) is 4.19. The second-order valence-electron chi connectivity index (χ2n) is 8.98. The Morgan fingerprint density at radius 2 is 2.12 bits per heavy atom. The number of thiophene rings is 1. The van der Waals surface area contributed by atoms with Crippen molar-refractivity contribution >= 4 is 33.7 Å². The van der Waals surface area contributed by atoms with Crippen molar-refractivity contribution in [2.24, 2.45) is 11.0 Å². The van der Waals surface area contributed by atoms with Gasteiger partial charge in [0.25, 0.3) is 11.5 Å². The summed E-state index contributed by atoms with van der Waals surface area (Å²) in [4.78, 5) is 32.5. The highest BCUT2D eigenvalue weighted by molar-refractivity contribution is 7.18. The number of carbonyl (C=O) groups is 1. The first-order valence-electron chi connectivity index (χ1n) is 11.5. The Morgan fingerprint density at radius 3 is 2.85 bits per heavy atom. The lowest BCUT2D eigenvalue weighted by Crippen LogP contribution is -2.34. The molecule has 4 rings (SSSR count). The number of amides is 1. The van der Waals surface area contributed by atoms with Crippen LogP contribution in [-0.2, 0) is 17.6 Å². The van der Waals surface area contributed by atoms with Gasteiger partial charge in [0.2, 0.25) is 0 Å². The third-order valence-corrected chi connectivity index (χ3v) is 7.14. The Labute approximate surface area is 202 Å². The number of aromatic nitrogens is 2. The van der Waals surface area contributed by atoms with E-state index in [-0.39, 0.29) is 11.7 Å². The molecule has 0 unspecified atom stereocenters. The maximum absolute atomic E-state index is 13.2. The van der Waals surface area contributed by atoms with Gasteiger partial charge in [-0.1, -0.05) is 6.92 Å². The van der Waals surface area contributed by atoms with Gasteiger partial charge in [0.1, 0.15) is 10.9 Å². The Bertz CT molecular complexity index is 1290. The second kappa shape index (κ2) is 9.97. The van der Waals surface area contributed by atoms with E-state index in [1.165, 1.54) is 22.0 Å². The lowest BCUT2D eigenvalue weighted by molar-refractivity contribution is -0.123.